The summed E-state index contributed by atoms with van der Waals surface area (Å²) in [7, 11) is 0. The van der Waals surface area contributed by atoms with Crippen molar-refractivity contribution >= 4 is 0 Å². The molecule has 1 aromatic rings. The van der Waals surface area contributed by atoms with Crippen LogP contribution in [0.5, 0.6) is 0 Å². The zero-order valence-corrected chi connectivity index (χ0v) is 8.50. The first-order valence-electron chi connectivity index (χ1n) is 4.61. The van der Waals surface area contributed by atoms with Crippen LogP contribution in [0.25, 0.3) is 0 Å². The zero-order valence-electron chi connectivity index (χ0n) is 8.50. The van der Waals surface area contributed by atoms with Gasteiger partial charge in [0.25, 0.3) is 0 Å². The lowest BCUT2D eigenvalue weighted by Crippen LogP contribution is -2.30. The van der Waals surface area contributed by atoms with Gasteiger partial charge in [-0.3, -0.25) is 0 Å². The molecule has 0 saturated carbocycles. The van der Waals surface area contributed by atoms with Crippen molar-refractivity contribution in [2.24, 2.45) is 11.1 Å². The van der Waals surface area contributed by atoms with Gasteiger partial charge < -0.3 is 10.8 Å². The van der Waals surface area contributed by atoms with Gasteiger partial charge in [-0.2, -0.15) is 0 Å². The molecule has 1 rings (SSSR count). The van der Waals surface area contributed by atoms with Gasteiger partial charge in [0.2, 0.25) is 0 Å². The summed E-state index contributed by atoms with van der Waals surface area (Å²) in [6.07, 6.45) is -0.733. The van der Waals surface area contributed by atoms with Gasteiger partial charge in [-0.05, 0) is 17.7 Å². The molecule has 3 N–H and O–H groups in total. The van der Waals surface area contributed by atoms with Crippen molar-refractivity contribution in [3.63, 3.8) is 0 Å². The molecule has 0 radical (unpaired) electrons. The van der Waals surface area contributed by atoms with Crippen LogP contribution < -0.4 is 5.73 Å². The first-order valence-corrected chi connectivity index (χ1v) is 4.61. The van der Waals surface area contributed by atoms with E-state index >= 15 is 0 Å². The van der Waals surface area contributed by atoms with Gasteiger partial charge in [0.05, 0.1) is 6.10 Å². The van der Waals surface area contributed by atoms with Gasteiger partial charge in [0, 0.05) is 12.0 Å². The molecule has 0 bridgehead atoms. The Morgan fingerprint density at radius 2 is 2.14 bits per heavy atom. The van der Waals surface area contributed by atoms with Crippen LogP contribution in [0.3, 0.4) is 0 Å². The second-order valence-electron chi connectivity index (χ2n) is 4.15. The highest BCUT2D eigenvalue weighted by molar-refractivity contribution is 5.20. The Kier molecular flexibility index (Phi) is 3.24. The van der Waals surface area contributed by atoms with E-state index in [1.165, 1.54) is 12.1 Å². The van der Waals surface area contributed by atoms with Crippen molar-refractivity contribution in [2.75, 3.05) is 6.54 Å². The molecule has 0 saturated heterocycles. The Bertz CT molecular complexity index is 312. The Hall–Kier alpha value is -0.930. The second-order valence-corrected chi connectivity index (χ2v) is 4.15. The van der Waals surface area contributed by atoms with Gasteiger partial charge in [0.15, 0.2) is 0 Å². The lowest BCUT2D eigenvalue weighted by molar-refractivity contribution is 0.0553. The SMILES string of the molecule is CC(C)(CN)C(O)c1cccc(F)c1. The molecule has 1 unspecified atom stereocenters. The molecule has 1 aromatic carbocycles. The van der Waals surface area contributed by atoms with Crippen LogP contribution in [0.15, 0.2) is 24.3 Å². The molecule has 0 fully saturated rings. The number of hydrogen-bond donors (Lipinski definition) is 2. The highest BCUT2D eigenvalue weighted by Gasteiger charge is 2.27. The molecule has 14 heavy (non-hydrogen) atoms. The van der Waals surface area contributed by atoms with Gasteiger partial charge in [-0.25, -0.2) is 4.39 Å². The van der Waals surface area contributed by atoms with Crippen LogP contribution in [0.2, 0.25) is 0 Å². The molecular formula is C11H16FNO. The fraction of sp³-hybridized carbons (Fsp3) is 0.455. The summed E-state index contributed by atoms with van der Waals surface area (Å²) in [5.74, 6) is -0.339. The third-order valence-corrected chi connectivity index (χ3v) is 2.43. The maximum Gasteiger partial charge on any atom is 0.123 e. The summed E-state index contributed by atoms with van der Waals surface area (Å²) in [4.78, 5) is 0. The van der Waals surface area contributed by atoms with Gasteiger partial charge in [-0.15, -0.1) is 0 Å². The molecule has 1 atom stereocenters. The summed E-state index contributed by atoms with van der Waals surface area (Å²) in [5, 5.41) is 9.93. The maximum atomic E-state index is 12.9. The molecule has 2 nitrogen and oxygen atoms in total. The standard InChI is InChI=1S/C11H16FNO/c1-11(2,7-13)10(14)8-4-3-5-9(12)6-8/h3-6,10,14H,7,13H2,1-2H3. The minimum absolute atomic E-state index is 0.339. The minimum atomic E-state index is -0.733. The number of rotatable bonds is 3. The van der Waals surface area contributed by atoms with Crippen molar-refractivity contribution in [1.82, 2.24) is 0 Å². The van der Waals surface area contributed by atoms with Crippen molar-refractivity contribution in [3.05, 3.63) is 35.6 Å². The largest absolute Gasteiger partial charge is 0.388 e. The third kappa shape index (κ3) is 2.30. The van der Waals surface area contributed by atoms with E-state index in [2.05, 4.69) is 0 Å². The van der Waals surface area contributed by atoms with E-state index in [0.717, 1.165) is 0 Å². The summed E-state index contributed by atoms with van der Waals surface area (Å²) < 4.78 is 12.9. The fourth-order valence-corrected chi connectivity index (χ4v) is 1.24. The molecule has 0 spiro atoms. The lowest BCUT2D eigenvalue weighted by atomic mass is 9.83. The van der Waals surface area contributed by atoms with Crippen LogP contribution in [0.1, 0.15) is 25.5 Å². The smallest absolute Gasteiger partial charge is 0.123 e. The number of aliphatic hydroxyl groups is 1. The monoisotopic (exact) mass is 197 g/mol. The van der Waals surface area contributed by atoms with E-state index in [9.17, 15) is 9.50 Å². The number of hydrogen-bond acceptors (Lipinski definition) is 2. The first kappa shape index (κ1) is 11.1. The summed E-state index contributed by atoms with van der Waals surface area (Å²) >= 11 is 0. The Labute approximate surface area is 83.6 Å². The quantitative estimate of drug-likeness (QED) is 0.776. The number of benzene rings is 1. The van der Waals surface area contributed by atoms with Crippen LogP contribution in [-0.4, -0.2) is 11.7 Å². The normalized spacial score (nSPS) is 14.1. The van der Waals surface area contributed by atoms with Crippen LogP contribution >= 0.6 is 0 Å². The molecule has 78 valence electrons. The Morgan fingerprint density at radius 1 is 1.50 bits per heavy atom. The van der Waals surface area contributed by atoms with E-state index < -0.39 is 11.5 Å². The zero-order chi connectivity index (χ0) is 10.8. The summed E-state index contributed by atoms with van der Waals surface area (Å²) in [6.45, 7) is 4.05. The molecule has 0 heterocycles. The van der Waals surface area contributed by atoms with Crippen LogP contribution in [0, 0.1) is 11.2 Å². The predicted molar refractivity (Wildman–Crippen MR) is 54.2 cm³/mol. The average molecular weight is 197 g/mol. The predicted octanol–water partition coefficient (Wildman–Crippen LogP) is 1.84. The molecule has 3 heteroatoms. The lowest BCUT2D eigenvalue weighted by Gasteiger charge is -2.29. The van der Waals surface area contributed by atoms with Crippen LogP contribution in [-0.2, 0) is 0 Å². The highest BCUT2D eigenvalue weighted by Crippen LogP contribution is 2.32. The van der Waals surface area contributed by atoms with E-state index in [-0.39, 0.29) is 5.82 Å². The van der Waals surface area contributed by atoms with E-state index in [1.54, 1.807) is 12.1 Å². The summed E-state index contributed by atoms with van der Waals surface area (Å²) in [5.41, 5.74) is 5.66. The van der Waals surface area contributed by atoms with E-state index in [4.69, 9.17) is 5.73 Å². The van der Waals surface area contributed by atoms with Crippen molar-refractivity contribution in [1.29, 1.82) is 0 Å². The van der Waals surface area contributed by atoms with Crippen molar-refractivity contribution < 1.29 is 9.50 Å². The molecule has 0 aliphatic carbocycles. The second kappa shape index (κ2) is 4.07. The van der Waals surface area contributed by atoms with Gasteiger partial charge >= 0.3 is 0 Å². The number of aliphatic hydroxyl groups excluding tert-OH is 1. The molecular weight excluding hydrogens is 181 g/mol. The highest BCUT2D eigenvalue weighted by atomic mass is 19.1. The van der Waals surface area contributed by atoms with Crippen molar-refractivity contribution in [2.45, 2.75) is 20.0 Å². The van der Waals surface area contributed by atoms with Gasteiger partial charge in [0.1, 0.15) is 5.82 Å². The molecule has 0 aromatic heterocycles. The first-order chi connectivity index (χ1) is 6.47. The number of nitrogens with two attached hydrogens (primary N) is 1. The van der Waals surface area contributed by atoms with Crippen molar-refractivity contribution in [3.8, 4) is 0 Å². The van der Waals surface area contributed by atoms with E-state index in [0.29, 0.717) is 12.1 Å². The van der Waals surface area contributed by atoms with E-state index in [1.807, 2.05) is 13.8 Å². The Morgan fingerprint density at radius 3 is 2.64 bits per heavy atom. The fourth-order valence-electron chi connectivity index (χ4n) is 1.24. The molecule has 0 aliphatic heterocycles. The Balaban J connectivity index is 2.94. The minimum Gasteiger partial charge on any atom is -0.388 e. The van der Waals surface area contributed by atoms with Gasteiger partial charge in [-0.1, -0.05) is 26.0 Å². The topological polar surface area (TPSA) is 46.2 Å². The molecule has 0 aliphatic rings. The maximum absolute atomic E-state index is 12.9. The average Bonchev–Trinajstić information content (AvgIpc) is 2.16. The number of halogens is 1. The third-order valence-electron chi connectivity index (χ3n) is 2.43. The molecule has 0 amide bonds. The summed E-state index contributed by atoms with van der Waals surface area (Å²) in [6, 6.07) is 5.97. The van der Waals surface area contributed by atoms with Crippen LogP contribution in [0.4, 0.5) is 4.39 Å².